The molecule has 15 heavy (non-hydrogen) atoms. The molecule has 0 heterocycles. The van der Waals surface area contributed by atoms with E-state index in [4.69, 9.17) is 4.74 Å². The van der Waals surface area contributed by atoms with Gasteiger partial charge < -0.3 is 4.74 Å². The van der Waals surface area contributed by atoms with Crippen molar-refractivity contribution in [3.05, 3.63) is 29.3 Å². The summed E-state index contributed by atoms with van der Waals surface area (Å²) < 4.78 is 5.04. The summed E-state index contributed by atoms with van der Waals surface area (Å²) in [5, 5.41) is 0. The average Bonchev–Trinajstić information content (AvgIpc) is 2.45. The van der Waals surface area contributed by atoms with Crippen LogP contribution in [0.1, 0.15) is 22.8 Å². The molecule has 78 valence electrons. The molecule has 1 aliphatic carbocycles. The van der Waals surface area contributed by atoms with Gasteiger partial charge in [-0.05, 0) is 12.5 Å². The Morgan fingerprint density at radius 3 is 2.93 bits per heavy atom. The van der Waals surface area contributed by atoms with Crippen molar-refractivity contribution in [2.75, 3.05) is 0 Å². The summed E-state index contributed by atoms with van der Waals surface area (Å²) in [5.41, 5.74) is 1.47. The number of carbonyl (C=O) groups excluding carboxylic acids is 2. The Hall–Kier alpha value is -1.16. The molecule has 1 atom stereocenters. The fourth-order valence-corrected chi connectivity index (χ4v) is 2.27. The van der Waals surface area contributed by atoms with Crippen LogP contribution in [0.3, 0.4) is 0 Å². The largest absolute Gasteiger partial charge is 0.426 e. The van der Waals surface area contributed by atoms with Gasteiger partial charge in [0.25, 0.3) is 0 Å². The number of ketones is 1. The van der Waals surface area contributed by atoms with E-state index < -0.39 is 0 Å². The van der Waals surface area contributed by atoms with Crippen molar-refractivity contribution in [2.24, 2.45) is 0 Å². The number of alkyl halides is 1. The summed E-state index contributed by atoms with van der Waals surface area (Å²) in [6.45, 7) is 1.35. The number of hydrogen-bond acceptors (Lipinski definition) is 3. The van der Waals surface area contributed by atoms with Gasteiger partial charge in [-0.2, -0.15) is 0 Å². The van der Waals surface area contributed by atoms with Crippen LogP contribution in [0.2, 0.25) is 0 Å². The minimum atomic E-state index is -0.367. The maximum atomic E-state index is 11.6. The van der Waals surface area contributed by atoms with Crippen LogP contribution in [-0.2, 0) is 11.2 Å². The molecule has 1 aromatic carbocycles. The third-order valence-electron chi connectivity index (χ3n) is 2.32. The Bertz CT molecular complexity index is 439. The zero-order valence-electron chi connectivity index (χ0n) is 8.12. The molecule has 0 amide bonds. The molecule has 3 nitrogen and oxygen atoms in total. The Kier molecular flexibility index (Phi) is 2.61. The normalized spacial score (nSPS) is 18.8. The highest BCUT2D eigenvalue weighted by atomic mass is 79.9. The second-order valence-corrected chi connectivity index (χ2v) is 4.52. The van der Waals surface area contributed by atoms with E-state index in [0.717, 1.165) is 5.56 Å². The maximum Gasteiger partial charge on any atom is 0.308 e. The number of benzene rings is 1. The molecule has 0 N–H and O–H groups in total. The molecule has 2 rings (SSSR count). The standard InChI is InChI=1S/C11H9BrO3/c1-6(13)15-10-4-2-3-7-8(10)5-9(12)11(7)14/h2-4,9H,5H2,1H3. The van der Waals surface area contributed by atoms with E-state index in [1.807, 2.05) is 0 Å². The zero-order valence-corrected chi connectivity index (χ0v) is 9.71. The summed E-state index contributed by atoms with van der Waals surface area (Å²) in [4.78, 5) is 22.3. The number of hydrogen-bond donors (Lipinski definition) is 0. The van der Waals surface area contributed by atoms with Crippen molar-refractivity contribution in [2.45, 2.75) is 18.2 Å². The minimum absolute atomic E-state index is 0.0546. The van der Waals surface area contributed by atoms with E-state index in [2.05, 4.69) is 15.9 Å². The van der Waals surface area contributed by atoms with Crippen LogP contribution in [0, 0.1) is 0 Å². The van der Waals surface area contributed by atoms with E-state index in [1.165, 1.54) is 6.92 Å². The number of rotatable bonds is 1. The topological polar surface area (TPSA) is 43.4 Å². The smallest absolute Gasteiger partial charge is 0.308 e. The van der Waals surface area contributed by atoms with Crippen LogP contribution in [0.4, 0.5) is 0 Å². The van der Waals surface area contributed by atoms with Crippen LogP contribution in [0.15, 0.2) is 18.2 Å². The van der Waals surface area contributed by atoms with Crippen LogP contribution >= 0.6 is 15.9 Å². The molecule has 0 saturated heterocycles. The number of ether oxygens (including phenoxy) is 1. The fraction of sp³-hybridized carbons (Fsp3) is 0.273. The van der Waals surface area contributed by atoms with E-state index in [1.54, 1.807) is 18.2 Å². The second-order valence-electron chi connectivity index (χ2n) is 3.41. The van der Waals surface area contributed by atoms with Gasteiger partial charge in [0, 0.05) is 18.1 Å². The van der Waals surface area contributed by atoms with Gasteiger partial charge in [0.05, 0.1) is 4.83 Å². The monoisotopic (exact) mass is 268 g/mol. The summed E-state index contributed by atoms with van der Waals surface area (Å²) in [7, 11) is 0. The third-order valence-corrected chi connectivity index (χ3v) is 3.06. The molecule has 0 spiro atoms. The van der Waals surface area contributed by atoms with E-state index in [9.17, 15) is 9.59 Å². The first-order chi connectivity index (χ1) is 7.09. The lowest BCUT2D eigenvalue weighted by molar-refractivity contribution is -0.131. The molecule has 0 aliphatic heterocycles. The fourth-order valence-electron chi connectivity index (χ4n) is 1.70. The first-order valence-electron chi connectivity index (χ1n) is 4.58. The van der Waals surface area contributed by atoms with Gasteiger partial charge in [0.1, 0.15) is 5.75 Å². The SMILES string of the molecule is CC(=O)Oc1cccc2c1CC(Br)C2=O. The minimum Gasteiger partial charge on any atom is -0.426 e. The van der Waals surface area contributed by atoms with Gasteiger partial charge in [-0.1, -0.05) is 28.1 Å². The lowest BCUT2D eigenvalue weighted by Gasteiger charge is -2.05. The first kappa shape index (κ1) is 10.4. The van der Waals surface area contributed by atoms with Crippen molar-refractivity contribution in [1.82, 2.24) is 0 Å². The van der Waals surface area contributed by atoms with Crippen molar-refractivity contribution in [3.63, 3.8) is 0 Å². The van der Waals surface area contributed by atoms with Crippen molar-refractivity contribution >= 4 is 27.7 Å². The summed E-state index contributed by atoms with van der Waals surface area (Å²) >= 11 is 3.29. The lowest BCUT2D eigenvalue weighted by atomic mass is 10.1. The highest BCUT2D eigenvalue weighted by molar-refractivity contribution is 9.10. The second kappa shape index (κ2) is 3.77. The molecular formula is C11H9BrO3. The molecule has 0 bridgehead atoms. The molecule has 0 saturated carbocycles. The molecule has 0 fully saturated rings. The van der Waals surface area contributed by atoms with Crippen LogP contribution in [0.5, 0.6) is 5.75 Å². The van der Waals surface area contributed by atoms with Gasteiger partial charge in [0.2, 0.25) is 0 Å². The van der Waals surface area contributed by atoms with Gasteiger partial charge in [-0.15, -0.1) is 0 Å². The van der Waals surface area contributed by atoms with Gasteiger partial charge in [-0.25, -0.2) is 0 Å². The lowest BCUT2D eigenvalue weighted by Crippen LogP contribution is -2.05. The summed E-state index contributed by atoms with van der Waals surface area (Å²) in [5.74, 6) is 0.183. The quantitative estimate of drug-likeness (QED) is 0.445. The van der Waals surface area contributed by atoms with Gasteiger partial charge in [-0.3, -0.25) is 9.59 Å². The highest BCUT2D eigenvalue weighted by Gasteiger charge is 2.30. The maximum absolute atomic E-state index is 11.6. The molecule has 0 radical (unpaired) electrons. The number of fused-ring (bicyclic) bond motifs is 1. The van der Waals surface area contributed by atoms with E-state index in [-0.39, 0.29) is 16.6 Å². The molecule has 1 aliphatic rings. The average molecular weight is 269 g/mol. The molecule has 1 unspecified atom stereocenters. The summed E-state index contributed by atoms with van der Waals surface area (Å²) in [6.07, 6.45) is 0.581. The van der Waals surface area contributed by atoms with E-state index in [0.29, 0.717) is 17.7 Å². The van der Waals surface area contributed by atoms with Crippen LogP contribution < -0.4 is 4.74 Å². The third kappa shape index (κ3) is 1.81. The number of esters is 1. The van der Waals surface area contributed by atoms with Gasteiger partial charge >= 0.3 is 5.97 Å². The highest BCUT2D eigenvalue weighted by Crippen LogP contribution is 2.33. The Morgan fingerprint density at radius 2 is 2.27 bits per heavy atom. The van der Waals surface area contributed by atoms with E-state index >= 15 is 0 Å². The zero-order chi connectivity index (χ0) is 11.0. The van der Waals surface area contributed by atoms with Crippen LogP contribution in [-0.4, -0.2) is 16.6 Å². The van der Waals surface area contributed by atoms with Crippen molar-refractivity contribution < 1.29 is 14.3 Å². The summed E-state index contributed by atoms with van der Waals surface area (Å²) in [6, 6.07) is 5.19. The predicted molar refractivity (Wildman–Crippen MR) is 58.5 cm³/mol. The van der Waals surface area contributed by atoms with Crippen molar-refractivity contribution in [3.8, 4) is 5.75 Å². The molecule has 0 aromatic heterocycles. The number of Topliss-reactive ketones (excluding diaryl/α,β-unsaturated/α-hetero) is 1. The number of carbonyl (C=O) groups is 2. The van der Waals surface area contributed by atoms with Crippen molar-refractivity contribution in [1.29, 1.82) is 0 Å². The Labute approximate surface area is 95.6 Å². The number of halogens is 1. The van der Waals surface area contributed by atoms with Crippen LogP contribution in [0.25, 0.3) is 0 Å². The first-order valence-corrected chi connectivity index (χ1v) is 5.49. The Morgan fingerprint density at radius 1 is 1.53 bits per heavy atom. The van der Waals surface area contributed by atoms with Gasteiger partial charge in [0.15, 0.2) is 5.78 Å². The molecule has 4 heteroatoms. The predicted octanol–water partition coefficient (Wildman–Crippen LogP) is 2.11. The Balaban J connectivity index is 2.45. The molecule has 1 aromatic rings. The molecular weight excluding hydrogens is 260 g/mol.